The highest BCUT2D eigenvalue weighted by Crippen LogP contribution is 2.38. The summed E-state index contributed by atoms with van der Waals surface area (Å²) in [5.74, 6) is 0.895. The molecule has 5 heteroatoms. The van der Waals surface area contributed by atoms with Gasteiger partial charge in [0.2, 0.25) is 0 Å². The third-order valence-electron chi connectivity index (χ3n) is 4.88. The van der Waals surface area contributed by atoms with Crippen LogP contribution in [0.3, 0.4) is 0 Å². The number of piperidine rings is 1. The summed E-state index contributed by atoms with van der Waals surface area (Å²) >= 11 is 0. The highest BCUT2D eigenvalue weighted by Gasteiger charge is 2.44. The number of hydrogen-bond donors (Lipinski definition) is 1. The first-order valence-electron chi connectivity index (χ1n) is 9.37. The molecule has 2 atom stereocenters. The lowest BCUT2D eigenvalue weighted by Gasteiger charge is -2.40. The van der Waals surface area contributed by atoms with Gasteiger partial charge in [-0.05, 0) is 65.5 Å². The van der Waals surface area contributed by atoms with E-state index >= 15 is 0 Å². The number of amides is 1. The molecular weight excluding hydrogens is 316 g/mol. The van der Waals surface area contributed by atoms with Gasteiger partial charge in [0, 0.05) is 18.1 Å². The van der Waals surface area contributed by atoms with Gasteiger partial charge < -0.3 is 19.7 Å². The molecule has 2 heterocycles. The standard InChI is InChI=1S/C20H30N2O3/c1-5-24-18-9-7-6-8-17(18)21-14-12-15-10-11-16(13-14)22(15)19(23)25-20(2,3)4/h6-9,14-16,21H,5,10-13H2,1-4H3. The topological polar surface area (TPSA) is 50.8 Å². The number of carbonyl (C=O) groups is 1. The maximum atomic E-state index is 12.5. The summed E-state index contributed by atoms with van der Waals surface area (Å²) < 4.78 is 11.3. The van der Waals surface area contributed by atoms with Gasteiger partial charge >= 0.3 is 6.09 Å². The summed E-state index contributed by atoms with van der Waals surface area (Å²) in [6.45, 7) is 8.42. The van der Waals surface area contributed by atoms with E-state index in [0.717, 1.165) is 37.1 Å². The van der Waals surface area contributed by atoms with Crippen molar-refractivity contribution in [2.45, 2.75) is 77.1 Å². The van der Waals surface area contributed by atoms with Gasteiger partial charge in [0.15, 0.2) is 0 Å². The number of hydrogen-bond acceptors (Lipinski definition) is 4. The van der Waals surface area contributed by atoms with Crippen molar-refractivity contribution in [3.8, 4) is 5.75 Å². The molecule has 2 saturated heterocycles. The number of fused-ring (bicyclic) bond motifs is 2. The molecule has 25 heavy (non-hydrogen) atoms. The van der Waals surface area contributed by atoms with E-state index in [9.17, 15) is 4.79 Å². The van der Waals surface area contributed by atoms with Gasteiger partial charge in [-0.25, -0.2) is 4.79 Å². The molecule has 1 aromatic carbocycles. The summed E-state index contributed by atoms with van der Waals surface area (Å²) in [5.41, 5.74) is 0.599. The van der Waals surface area contributed by atoms with Gasteiger partial charge in [-0.3, -0.25) is 0 Å². The van der Waals surface area contributed by atoms with Gasteiger partial charge in [0.1, 0.15) is 11.4 Å². The lowest BCUT2D eigenvalue weighted by atomic mass is 9.97. The number of benzene rings is 1. The van der Waals surface area contributed by atoms with Crippen molar-refractivity contribution in [2.75, 3.05) is 11.9 Å². The fourth-order valence-electron chi connectivity index (χ4n) is 3.99. The minimum absolute atomic E-state index is 0.159. The number of nitrogens with one attached hydrogen (secondary N) is 1. The van der Waals surface area contributed by atoms with Crippen molar-refractivity contribution in [2.24, 2.45) is 0 Å². The largest absolute Gasteiger partial charge is 0.492 e. The third-order valence-corrected chi connectivity index (χ3v) is 4.88. The average Bonchev–Trinajstić information content (AvgIpc) is 2.79. The molecule has 0 saturated carbocycles. The fraction of sp³-hybridized carbons (Fsp3) is 0.650. The Morgan fingerprint density at radius 2 is 1.84 bits per heavy atom. The van der Waals surface area contributed by atoms with E-state index in [2.05, 4.69) is 11.4 Å². The number of ether oxygens (including phenoxy) is 2. The lowest BCUT2D eigenvalue weighted by Crippen LogP contribution is -2.51. The van der Waals surface area contributed by atoms with Crippen LogP contribution in [0.1, 0.15) is 53.4 Å². The van der Waals surface area contributed by atoms with E-state index in [-0.39, 0.29) is 18.2 Å². The molecule has 1 N–H and O–H groups in total. The summed E-state index contributed by atoms with van der Waals surface area (Å²) in [5, 5.41) is 3.64. The third kappa shape index (κ3) is 4.20. The van der Waals surface area contributed by atoms with Crippen molar-refractivity contribution in [3.05, 3.63) is 24.3 Å². The van der Waals surface area contributed by atoms with E-state index in [4.69, 9.17) is 9.47 Å². The summed E-state index contributed by atoms with van der Waals surface area (Å²) in [7, 11) is 0. The first-order chi connectivity index (χ1) is 11.9. The number of nitrogens with zero attached hydrogens (tertiary/aromatic N) is 1. The minimum atomic E-state index is -0.442. The zero-order valence-electron chi connectivity index (χ0n) is 15.7. The number of rotatable bonds is 4. The quantitative estimate of drug-likeness (QED) is 0.876. The molecule has 0 radical (unpaired) electrons. The molecule has 0 spiro atoms. The van der Waals surface area contributed by atoms with Crippen LogP contribution in [-0.2, 0) is 4.74 Å². The number of anilines is 1. The Bertz CT molecular complexity index is 597. The maximum Gasteiger partial charge on any atom is 0.410 e. The molecule has 2 bridgehead atoms. The van der Waals surface area contributed by atoms with Crippen LogP contribution < -0.4 is 10.1 Å². The van der Waals surface area contributed by atoms with Crippen molar-refractivity contribution >= 4 is 11.8 Å². The van der Waals surface area contributed by atoms with Crippen molar-refractivity contribution in [3.63, 3.8) is 0 Å². The van der Waals surface area contributed by atoms with Crippen molar-refractivity contribution in [1.29, 1.82) is 0 Å². The van der Waals surface area contributed by atoms with Crippen LogP contribution >= 0.6 is 0 Å². The SMILES string of the molecule is CCOc1ccccc1NC1CC2CCC(C1)N2C(=O)OC(C)(C)C. The van der Waals surface area contributed by atoms with Gasteiger partial charge in [-0.2, -0.15) is 0 Å². The van der Waals surface area contributed by atoms with E-state index in [1.54, 1.807) is 0 Å². The monoisotopic (exact) mass is 346 g/mol. The second-order valence-electron chi connectivity index (χ2n) is 8.01. The number of carbonyl (C=O) groups excluding carboxylic acids is 1. The van der Waals surface area contributed by atoms with Crippen molar-refractivity contribution < 1.29 is 14.3 Å². The second-order valence-corrected chi connectivity index (χ2v) is 8.01. The van der Waals surface area contributed by atoms with Crippen molar-refractivity contribution in [1.82, 2.24) is 4.90 Å². The predicted octanol–water partition coefficient (Wildman–Crippen LogP) is 4.43. The molecule has 0 aromatic heterocycles. The lowest BCUT2D eigenvalue weighted by molar-refractivity contribution is 0.00682. The van der Waals surface area contributed by atoms with E-state index in [0.29, 0.717) is 12.6 Å². The Balaban J connectivity index is 1.65. The Labute approximate surface area is 150 Å². The van der Waals surface area contributed by atoms with Gasteiger partial charge in [0.25, 0.3) is 0 Å². The van der Waals surface area contributed by atoms with Gasteiger partial charge in [-0.1, -0.05) is 12.1 Å². The molecule has 0 aliphatic carbocycles. The van der Waals surface area contributed by atoms with Crippen LogP contribution in [0, 0.1) is 0 Å². The summed E-state index contributed by atoms with van der Waals surface area (Å²) in [4.78, 5) is 14.5. The van der Waals surface area contributed by atoms with Crippen LogP contribution in [-0.4, -0.2) is 41.3 Å². The molecule has 2 aliphatic heterocycles. The minimum Gasteiger partial charge on any atom is -0.492 e. The Hall–Kier alpha value is -1.91. The molecule has 2 unspecified atom stereocenters. The van der Waals surface area contributed by atoms with Crippen LogP contribution in [0.5, 0.6) is 5.75 Å². The number of para-hydroxylation sites is 2. The van der Waals surface area contributed by atoms with Gasteiger partial charge in [-0.15, -0.1) is 0 Å². The Morgan fingerprint density at radius 3 is 2.44 bits per heavy atom. The van der Waals surface area contributed by atoms with E-state index in [1.807, 2.05) is 50.8 Å². The fourth-order valence-corrected chi connectivity index (χ4v) is 3.99. The highest BCUT2D eigenvalue weighted by molar-refractivity contribution is 5.70. The molecule has 2 aliphatic rings. The Morgan fingerprint density at radius 1 is 1.20 bits per heavy atom. The molecule has 3 rings (SSSR count). The summed E-state index contributed by atoms with van der Waals surface area (Å²) in [6, 6.07) is 8.97. The average molecular weight is 346 g/mol. The smallest absolute Gasteiger partial charge is 0.410 e. The Kier molecular flexibility index (Phi) is 5.11. The van der Waals surface area contributed by atoms with E-state index in [1.165, 1.54) is 0 Å². The normalized spacial score (nSPS) is 25.6. The first kappa shape index (κ1) is 17.9. The predicted molar refractivity (Wildman–Crippen MR) is 99.1 cm³/mol. The highest BCUT2D eigenvalue weighted by atomic mass is 16.6. The molecule has 1 amide bonds. The zero-order valence-corrected chi connectivity index (χ0v) is 15.7. The van der Waals surface area contributed by atoms with Gasteiger partial charge in [0.05, 0.1) is 12.3 Å². The second kappa shape index (κ2) is 7.14. The molecule has 5 nitrogen and oxygen atoms in total. The van der Waals surface area contributed by atoms with E-state index < -0.39 is 5.60 Å². The summed E-state index contributed by atoms with van der Waals surface area (Å²) in [6.07, 6.45) is 3.88. The van der Waals surface area contributed by atoms with Crippen LogP contribution in [0.25, 0.3) is 0 Å². The van der Waals surface area contributed by atoms with Crippen LogP contribution in [0.15, 0.2) is 24.3 Å². The maximum absolute atomic E-state index is 12.5. The molecule has 138 valence electrons. The molecule has 1 aromatic rings. The van der Waals surface area contributed by atoms with Crippen LogP contribution in [0.2, 0.25) is 0 Å². The molecule has 2 fully saturated rings. The molecular formula is C20H30N2O3. The first-order valence-corrected chi connectivity index (χ1v) is 9.37. The zero-order chi connectivity index (χ0) is 18.0. The van der Waals surface area contributed by atoms with Crippen LogP contribution in [0.4, 0.5) is 10.5 Å².